The molecule has 0 spiro atoms. The standard InChI is InChI=1S/C10H21Cl/c1-9(2,3)7-8(11)10(4,5)6/h8H,7H2,1-6H3. The van der Waals surface area contributed by atoms with E-state index in [1.54, 1.807) is 0 Å². The van der Waals surface area contributed by atoms with E-state index in [0.29, 0.717) is 5.41 Å². The van der Waals surface area contributed by atoms with Crippen LogP contribution in [0.3, 0.4) is 0 Å². The molecule has 0 fully saturated rings. The van der Waals surface area contributed by atoms with Gasteiger partial charge in [0.15, 0.2) is 0 Å². The van der Waals surface area contributed by atoms with Crippen molar-refractivity contribution in [1.29, 1.82) is 0 Å². The summed E-state index contributed by atoms with van der Waals surface area (Å²) in [4.78, 5) is 0. The van der Waals surface area contributed by atoms with Gasteiger partial charge in [0.25, 0.3) is 0 Å². The highest BCUT2D eigenvalue weighted by atomic mass is 35.5. The van der Waals surface area contributed by atoms with Gasteiger partial charge < -0.3 is 0 Å². The van der Waals surface area contributed by atoms with Crippen molar-refractivity contribution in [1.82, 2.24) is 0 Å². The molecule has 0 aromatic rings. The van der Waals surface area contributed by atoms with Gasteiger partial charge in [-0.25, -0.2) is 0 Å². The normalized spacial score (nSPS) is 16.6. The van der Waals surface area contributed by atoms with Crippen molar-refractivity contribution in [3.63, 3.8) is 0 Å². The molecule has 0 bridgehead atoms. The summed E-state index contributed by atoms with van der Waals surface area (Å²) in [6, 6.07) is 0. The Morgan fingerprint density at radius 2 is 1.36 bits per heavy atom. The van der Waals surface area contributed by atoms with Gasteiger partial charge in [-0.3, -0.25) is 0 Å². The molecule has 0 N–H and O–H groups in total. The van der Waals surface area contributed by atoms with E-state index >= 15 is 0 Å². The van der Waals surface area contributed by atoms with Gasteiger partial charge in [-0.15, -0.1) is 11.6 Å². The monoisotopic (exact) mass is 176 g/mol. The minimum absolute atomic E-state index is 0.231. The quantitative estimate of drug-likeness (QED) is 0.529. The second-order valence-corrected chi connectivity index (χ2v) is 6.13. The molecule has 0 saturated carbocycles. The van der Waals surface area contributed by atoms with Gasteiger partial charge >= 0.3 is 0 Å². The lowest BCUT2D eigenvalue weighted by Crippen LogP contribution is -2.25. The first-order valence-corrected chi connectivity index (χ1v) is 4.71. The minimum atomic E-state index is 0.231. The summed E-state index contributed by atoms with van der Waals surface area (Å²) in [5.74, 6) is 0. The minimum Gasteiger partial charge on any atom is -0.122 e. The Morgan fingerprint density at radius 1 is 1.00 bits per heavy atom. The number of hydrogen-bond donors (Lipinski definition) is 0. The first-order chi connectivity index (χ1) is 4.63. The molecule has 68 valence electrons. The van der Waals surface area contributed by atoms with Crippen molar-refractivity contribution in [2.45, 2.75) is 53.3 Å². The molecule has 0 nitrogen and oxygen atoms in total. The van der Waals surface area contributed by atoms with Crippen LogP contribution >= 0.6 is 11.6 Å². The first-order valence-electron chi connectivity index (χ1n) is 4.27. The van der Waals surface area contributed by atoms with Crippen LogP contribution in [0, 0.1) is 10.8 Å². The van der Waals surface area contributed by atoms with E-state index in [1.165, 1.54) is 0 Å². The van der Waals surface area contributed by atoms with Gasteiger partial charge in [-0.1, -0.05) is 41.5 Å². The second-order valence-electron chi connectivity index (χ2n) is 5.60. The summed E-state index contributed by atoms with van der Waals surface area (Å²) >= 11 is 6.24. The highest BCUT2D eigenvalue weighted by Gasteiger charge is 2.26. The molecule has 0 saturated heterocycles. The molecular weight excluding hydrogens is 156 g/mol. The molecule has 1 atom stereocenters. The molecule has 0 aliphatic carbocycles. The number of halogens is 1. The summed E-state index contributed by atoms with van der Waals surface area (Å²) < 4.78 is 0. The summed E-state index contributed by atoms with van der Waals surface area (Å²) in [6.45, 7) is 13.3. The molecule has 0 rings (SSSR count). The SMILES string of the molecule is CC(C)(C)CC(Cl)C(C)(C)C. The van der Waals surface area contributed by atoms with Crippen molar-refractivity contribution in [2.24, 2.45) is 10.8 Å². The summed E-state index contributed by atoms with van der Waals surface area (Å²) in [5, 5.41) is 0.280. The van der Waals surface area contributed by atoms with Crippen molar-refractivity contribution < 1.29 is 0 Å². The van der Waals surface area contributed by atoms with Crippen LogP contribution in [0.2, 0.25) is 0 Å². The lowest BCUT2D eigenvalue weighted by molar-refractivity contribution is 0.282. The zero-order valence-electron chi connectivity index (χ0n) is 8.66. The van der Waals surface area contributed by atoms with Gasteiger partial charge in [-0.05, 0) is 17.3 Å². The fourth-order valence-electron chi connectivity index (χ4n) is 0.844. The fourth-order valence-corrected chi connectivity index (χ4v) is 1.31. The van der Waals surface area contributed by atoms with Crippen LogP contribution in [0.15, 0.2) is 0 Å². The van der Waals surface area contributed by atoms with Crippen LogP contribution in [0.25, 0.3) is 0 Å². The zero-order valence-corrected chi connectivity index (χ0v) is 9.42. The predicted octanol–water partition coefficient (Wildman–Crippen LogP) is 4.08. The van der Waals surface area contributed by atoms with Crippen LogP contribution < -0.4 is 0 Å². The molecule has 0 heterocycles. The number of alkyl halides is 1. The van der Waals surface area contributed by atoms with E-state index in [1.807, 2.05) is 0 Å². The van der Waals surface area contributed by atoms with Gasteiger partial charge in [0.1, 0.15) is 0 Å². The molecule has 11 heavy (non-hydrogen) atoms. The zero-order chi connectivity index (χ0) is 9.28. The van der Waals surface area contributed by atoms with Crippen molar-refractivity contribution in [3.05, 3.63) is 0 Å². The lowest BCUT2D eigenvalue weighted by Gasteiger charge is -2.30. The number of hydrogen-bond acceptors (Lipinski definition) is 0. The van der Waals surface area contributed by atoms with E-state index in [2.05, 4.69) is 41.5 Å². The molecule has 1 heteroatoms. The topological polar surface area (TPSA) is 0 Å². The van der Waals surface area contributed by atoms with Crippen molar-refractivity contribution >= 4 is 11.6 Å². The van der Waals surface area contributed by atoms with Crippen LogP contribution in [-0.2, 0) is 0 Å². The van der Waals surface area contributed by atoms with Crippen molar-refractivity contribution in [2.75, 3.05) is 0 Å². The summed E-state index contributed by atoms with van der Waals surface area (Å²) in [7, 11) is 0. The molecule has 1 unspecified atom stereocenters. The highest BCUT2D eigenvalue weighted by molar-refractivity contribution is 6.21. The Kier molecular flexibility index (Phi) is 3.43. The van der Waals surface area contributed by atoms with E-state index in [0.717, 1.165) is 6.42 Å². The molecule has 0 amide bonds. The van der Waals surface area contributed by atoms with E-state index in [-0.39, 0.29) is 10.8 Å². The molecule has 0 aliphatic heterocycles. The molecule has 0 radical (unpaired) electrons. The maximum absolute atomic E-state index is 6.24. The molecular formula is C10H21Cl. The Hall–Kier alpha value is 0.290. The lowest BCUT2D eigenvalue weighted by atomic mass is 9.81. The van der Waals surface area contributed by atoms with Crippen LogP contribution in [0.1, 0.15) is 48.0 Å². The van der Waals surface area contributed by atoms with Gasteiger partial charge in [-0.2, -0.15) is 0 Å². The molecule has 0 aromatic heterocycles. The third kappa shape index (κ3) is 5.55. The molecule has 0 aliphatic rings. The van der Waals surface area contributed by atoms with Crippen LogP contribution in [0.4, 0.5) is 0 Å². The Labute approximate surface area is 76.3 Å². The Balaban J connectivity index is 3.99. The maximum Gasteiger partial charge on any atom is 0.0389 e. The smallest absolute Gasteiger partial charge is 0.0389 e. The van der Waals surface area contributed by atoms with Crippen molar-refractivity contribution in [3.8, 4) is 0 Å². The van der Waals surface area contributed by atoms with Gasteiger partial charge in [0.2, 0.25) is 0 Å². The highest BCUT2D eigenvalue weighted by Crippen LogP contribution is 2.34. The van der Waals surface area contributed by atoms with Gasteiger partial charge in [0, 0.05) is 5.38 Å². The third-order valence-electron chi connectivity index (χ3n) is 1.73. The largest absolute Gasteiger partial charge is 0.122 e. The number of rotatable bonds is 1. The first kappa shape index (κ1) is 11.3. The maximum atomic E-state index is 6.24. The van der Waals surface area contributed by atoms with Crippen LogP contribution in [0.5, 0.6) is 0 Å². The summed E-state index contributed by atoms with van der Waals surface area (Å²) in [5.41, 5.74) is 0.578. The van der Waals surface area contributed by atoms with Crippen LogP contribution in [-0.4, -0.2) is 5.38 Å². The Bertz CT molecular complexity index is 114. The van der Waals surface area contributed by atoms with Gasteiger partial charge in [0.05, 0.1) is 0 Å². The third-order valence-corrected chi connectivity index (χ3v) is 2.54. The Morgan fingerprint density at radius 3 is 1.45 bits per heavy atom. The average molecular weight is 177 g/mol. The predicted molar refractivity (Wildman–Crippen MR) is 53.2 cm³/mol. The van der Waals surface area contributed by atoms with E-state index in [4.69, 9.17) is 11.6 Å². The fraction of sp³-hybridized carbons (Fsp3) is 1.00. The van der Waals surface area contributed by atoms with E-state index < -0.39 is 0 Å². The summed E-state index contributed by atoms with van der Waals surface area (Å²) in [6.07, 6.45) is 1.08. The average Bonchev–Trinajstić information content (AvgIpc) is 1.56. The molecule has 0 aromatic carbocycles. The second kappa shape index (κ2) is 3.35. The van der Waals surface area contributed by atoms with E-state index in [9.17, 15) is 0 Å².